The molecule has 0 spiro atoms. The summed E-state index contributed by atoms with van der Waals surface area (Å²) in [7, 11) is -0.430. The lowest BCUT2D eigenvalue weighted by atomic mass is 9.85. The van der Waals surface area contributed by atoms with Crippen LogP contribution >= 0.6 is 0 Å². The lowest BCUT2D eigenvalue weighted by Crippen LogP contribution is -2.41. The third-order valence-electron chi connectivity index (χ3n) is 4.58. The first-order valence-corrected chi connectivity index (χ1v) is 7.32. The maximum Gasteiger partial charge on any atom is 0.516 e. The number of hydrogen-bond acceptors (Lipinski definition) is 5. The molecule has 1 aromatic heterocycles. The second-order valence-electron chi connectivity index (χ2n) is 6.58. The number of rotatable bonds is 2. The van der Waals surface area contributed by atoms with Crippen molar-refractivity contribution >= 4 is 18.5 Å². The van der Waals surface area contributed by atoms with E-state index in [1.165, 1.54) is 12.8 Å². The van der Waals surface area contributed by atoms with Gasteiger partial charge >= 0.3 is 7.12 Å². The first-order chi connectivity index (χ1) is 9.39. The summed E-state index contributed by atoms with van der Waals surface area (Å²) in [6.45, 7) is 10.3. The van der Waals surface area contributed by atoms with E-state index in [0.717, 1.165) is 24.5 Å². The van der Waals surface area contributed by atoms with Crippen LogP contribution < -0.4 is 10.5 Å². The Hall–Kier alpha value is -1.14. The second kappa shape index (κ2) is 4.70. The van der Waals surface area contributed by atoms with Gasteiger partial charge in [-0.15, -0.1) is 0 Å². The third kappa shape index (κ3) is 2.31. The Balaban J connectivity index is 1.75. The van der Waals surface area contributed by atoms with Gasteiger partial charge in [0.15, 0.2) is 0 Å². The fourth-order valence-corrected chi connectivity index (χ4v) is 2.53. The van der Waals surface area contributed by atoms with Crippen molar-refractivity contribution in [1.29, 1.82) is 0 Å². The summed E-state index contributed by atoms with van der Waals surface area (Å²) in [6.07, 6.45) is 6.07. The molecule has 0 unspecified atom stereocenters. The second-order valence-corrected chi connectivity index (χ2v) is 6.58. The number of anilines is 1. The van der Waals surface area contributed by atoms with Crippen LogP contribution in [0, 0.1) is 0 Å². The Morgan fingerprint density at radius 1 is 1.00 bits per heavy atom. The molecule has 5 nitrogen and oxygen atoms in total. The van der Waals surface area contributed by atoms with E-state index in [0.29, 0.717) is 0 Å². The molecule has 1 aromatic rings. The topological polar surface area (TPSA) is 47.5 Å². The highest BCUT2D eigenvalue weighted by atomic mass is 16.7. The maximum absolute atomic E-state index is 5.98. The molecular weight excluding hydrogens is 253 g/mol. The highest BCUT2D eigenvalue weighted by molar-refractivity contribution is 6.61. The van der Waals surface area contributed by atoms with E-state index in [1.54, 1.807) is 6.20 Å². The van der Waals surface area contributed by atoms with E-state index in [2.05, 4.69) is 14.9 Å². The van der Waals surface area contributed by atoms with E-state index in [4.69, 9.17) is 9.31 Å². The van der Waals surface area contributed by atoms with Gasteiger partial charge in [-0.2, -0.15) is 0 Å². The molecule has 0 aromatic carbocycles. The van der Waals surface area contributed by atoms with Crippen molar-refractivity contribution in [2.45, 2.75) is 51.7 Å². The molecule has 3 heterocycles. The first kappa shape index (κ1) is 13.8. The summed E-state index contributed by atoms with van der Waals surface area (Å²) in [5.74, 6) is 0.947. The Morgan fingerprint density at radius 2 is 1.60 bits per heavy atom. The molecule has 20 heavy (non-hydrogen) atoms. The van der Waals surface area contributed by atoms with Crippen LogP contribution in [0.3, 0.4) is 0 Å². The van der Waals surface area contributed by atoms with Crippen LogP contribution in [0.2, 0.25) is 0 Å². The lowest BCUT2D eigenvalue weighted by Gasteiger charge is -2.32. The van der Waals surface area contributed by atoms with Crippen molar-refractivity contribution in [1.82, 2.24) is 9.97 Å². The van der Waals surface area contributed by atoms with Gasteiger partial charge in [-0.25, -0.2) is 4.98 Å². The molecule has 2 aliphatic heterocycles. The zero-order valence-corrected chi connectivity index (χ0v) is 12.7. The van der Waals surface area contributed by atoms with Gasteiger partial charge in [0.05, 0.1) is 23.0 Å². The molecule has 3 rings (SSSR count). The number of nitrogens with zero attached hydrogens (tertiary/aromatic N) is 3. The first-order valence-electron chi connectivity index (χ1n) is 7.32. The van der Waals surface area contributed by atoms with Crippen LogP contribution in [-0.4, -0.2) is 41.4 Å². The lowest BCUT2D eigenvalue weighted by molar-refractivity contribution is 0.00578. The van der Waals surface area contributed by atoms with Crippen molar-refractivity contribution in [2.24, 2.45) is 0 Å². The number of hydrogen-bond donors (Lipinski definition) is 0. The smallest absolute Gasteiger partial charge is 0.398 e. The van der Waals surface area contributed by atoms with Gasteiger partial charge in [-0.1, -0.05) is 0 Å². The van der Waals surface area contributed by atoms with E-state index in [9.17, 15) is 0 Å². The average Bonchev–Trinajstić information content (AvgIpc) is 2.97. The highest BCUT2D eigenvalue weighted by Gasteiger charge is 2.52. The van der Waals surface area contributed by atoms with Gasteiger partial charge in [-0.05, 0) is 40.5 Å². The molecule has 2 aliphatic rings. The minimum absolute atomic E-state index is 0.340. The minimum Gasteiger partial charge on any atom is -0.398 e. The Labute approximate surface area is 120 Å². The van der Waals surface area contributed by atoms with E-state index < -0.39 is 7.12 Å². The van der Waals surface area contributed by atoms with Crippen LogP contribution in [0.4, 0.5) is 5.82 Å². The van der Waals surface area contributed by atoms with Crippen molar-refractivity contribution in [3.8, 4) is 0 Å². The molecular formula is C14H22BN3O2. The van der Waals surface area contributed by atoms with Crippen molar-refractivity contribution in [2.75, 3.05) is 18.0 Å². The monoisotopic (exact) mass is 275 g/mol. The molecule has 0 bridgehead atoms. The van der Waals surface area contributed by atoms with Gasteiger partial charge in [0, 0.05) is 19.3 Å². The molecule has 0 saturated carbocycles. The molecule has 2 saturated heterocycles. The number of aromatic nitrogens is 2. The van der Waals surface area contributed by atoms with Crippen molar-refractivity contribution < 1.29 is 9.31 Å². The molecule has 0 radical (unpaired) electrons. The summed E-state index contributed by atoms with van der Waals surface area (Å²) in [5, 5.41) is 0. The van der Waals surface area contributed by atoms with Gasteiger partial charge in [-0.3, -0.25) is 4.98 Å². The minimum atomic E-state index is -0.430. The molecule has 2 fully saturated rings. The molecule has 0 aliphatic carbocycles. The molecule has 0 amide bonds. The van der Waals surface area contributed by atoms with Crippen LogP contribution in [0.5, 0.6) is 0 Å². The van der Waals surface area contributed by atoms with Crippen molar-refractivity contribution in [3.63, 3.8) is 0 Å². The molecule has 0 N–H and O–H groups in total. The average molecular weight is 275 g/mol. The SMILES string of the molecule is CC1(C)OB(c2cnc(N3CCCC3)cn2)OC1(C)C. The third-order valence-corrected chi connectivity index (χ3v) is 4.58. The summed E-state index contributed by atoms with van der Waals surface area (Å²) < 4.78 is 12.0. The zero-order valence-electron chi connectivity index (χ0n) is 12.7. The molecule has 6 heteroatoms. The van der Waals surface area contributed by atoms with Crippen LogP contribution in [-0.2, 0) is 9.31 Å². The van der Waals surface area contributed by atoms with Crippen LogP contribution in [0.25, 0.3) is 0 Å². The highest BCUT2D eigenvalue weighted by Crippen LogP contribution is 2.36. The van der Waals surface area contributed by atoms with Gasteiger partial charge in [0.2, 0.25) is 0 Å². The van der Waals surface area contributed by atoms with Crippen LogP contribution in [0.1, 0.15) is 40.5 Å². The van der Waals surface area contributed by atoms with Crippen molar-refractivity contribution in [3.05, 3.63) is 12.4 Å². The fourth-order valence-electron chi connectivity index (χ4n) is 2.53. The standard InChI is InChI=1S/C14H22BN3O2/c1-13(2)14(3,4)20-15(19-13)11-9-17-12(10-16-11)18-7-5-6-8-18/h9-10H,5-8H2,1-4H3. The van der Waals surface area contributed by atoms with Gasteiger partial charge in [0.25, 0.3) is 0 Å². The normalized spacial score (nSPS) is 24.4. The Kier molecular flexibility index (Phi) is 3.25. The van der Waals surface area contributed by atoms with Gasteiger partial charge in [0.1, 0.15) is 5.82 Å². The fraction of sp³-hybridized carbons (Fsp3) is 0.714. The maximum atomic E-state index is 5.98. The quantitative estimate of drug-likeness (QED) is 0.763. The summed E-state index contributed by atoms with van der Waals surface area (Å²) >= 11 is 0. The van der Waals surface area contributed by atoms with E-state index in [1.807, 2.05) is 33.9 Å². The molecule has 0 atom stereocenters. The zero-order chi connectivity index (χ0) is 14.4. The van der Waals surface area contributed by atoms with Crippen LogP contribution in [0.15, 0.2) is 12.4 Å². The Morgan fingerprint density at radius 3 is 2.10 bits per heavy atom. The molecule has 108 valence electrons. The predicted octanol–water partition coefficient (Wildman–Crippen LogP) is 1.38. The largest absolute Gasteiger partial charge is 0.516 e. The summed E-state index contributed by atoms with van der Waals surface area (Å²) in [5.41, 5.74) is 0.0616. The van der Waals surface area contributed by atoms with E-state index >= 15 is 0 Å². The predicted molar refractivity (Wildman–Crippen MR) is 79.2 cm³/mol. The van der Waals surface area contributed by atoms with E-state index in [-0.39, 0.29) is 11.2 Å². The summed E-state index contributed by atoms with van der Waals surface area (Å²) in [4.78, 5) is 11.3. The van der Waals surface area contributed by atoms with Gasteiger partial charge < -0.3 is 14.2 Å². The Bertz CT molecular complexity index is 468. The summed E-state index contributed by atoms with van der Waals surface area (Å²) in [6, 6.07) is 0.